The smallest absolute Gasteiger partial charge is 0.396 e. The van der Waals surface area contributed by atoms with Crippen LogP contribution in [0.1, 0.15) is 0 Å². The van der Waals surface area contributed by atoms with E-state index < -0.39 is 10.9 Å². The fraction of sp³-hybridized carbons (Fsp3) is 0.0476. The zero-order chi connectivity index (χ0) is 21.3. The molecule has 9 heteroatoms. The number of hydrogen-bond acceptors (Lipinski definition) is 6. The van der Waals surface area contributed by atoms with Gasteiger partial charge in [0.2, 0.25) is 0 Å². The number of fused-ring (bicyclic) bond motifs is 1. The van der Waals surface area contributed by atoms with Crippen LogP contribution in [-0.4, -0.2) is 12.6 Å². The average Bonchev–Trinajstić information content (AvgIpc) is 3.09. The highest BCUT2D eigenvalue weighted by Gasteiger charge is 2.18. The number of hydrogen-bond donors (Lipinski definition) is 0. The summed E-state index contributed by atoms with van der Waals surface area (Å²) < 4.78 is 16.6. The summed E-state index contributed by atoms with van der Waals surface area (Å²) in [7, 11) is 0. The van der Waals surface area contributed by atoms with Gasteiger partial charge in [-0.25, -0.2) is 9.59 Å². The molecule has 0 atom stereocenters. The Morgan fingerprint density at radius 1 is 0.967 bits per heavy atom. The lowest BCUT2D eigenvalue weighted by Crippen LogP contribution is -2.17. The zero-order valence-corrected chi connectivity index (χ0v) is 18.1. The molecule has 1 heterocycles. The van der Waals surface area contributed by atoms with Crippen molar-refractivity contribution in [1.82, 2.24) is 0 Å². The van der Waals surface area contributed by atoms with E-state index in [0.717, 1.165) is 11.3 Å². The van der Waals surface area contributed by atoms with Crippen molar-refractivity contribution in [3.05, 3.63) is 79.4 Å². The van der Waals surface area contributed by atoms with Gasteiger partial charge >= 0.3 is 10.9 Å². The Kier molecular flexibility index (Phi) is 6.01. The van der Waals surface area contributed by atoms with Gasteiger partial charge in [0.05, 0.1) is 14.7 Å². The van der Waals surface area contributed by atoms with Gasteiger partial charge in [-0.05, 0) is 36.4 Å². The second-order valence-corrected chi connectivity index (χ2v) is 8.27. The molecule has 4 rings (SSSR count). The van der Waals surface area contributed by atoms with Crippen LogP contribution in [-0.2, 0) is 4.79 Å². The normalized spacial score (nSPS) is 10.9. The first kappa shape index (κ1) is 20.8. The summed E-state index contributed by atoms with van der Waals surface area (Å²) in [6.45, 7) is -0.311. The molecule has 0 radical (unpaired) electrons. The molecule has 0 saturated carbocycles. The average molecular weight is 482 g/mol. The molecule has 5 nitrogen and oxygen atoms in total. The highest BCUT2D eigenvalue weighted by Crippen LogP contribution is 2.40. The van der Waals surface area contributed by atoms with Crippen molar-refractivity contribution < 1.29 is 18.7 Å². The number of esters is 1. The molecule has 0 saturated heterocycles. The number of carbonyl (C=O) groups is 1. The van der Waals surface area contributed by atoms with Gasteiger partial charge in [0.15, 0.2) is 12.2 Å². The Labute approximate surface area is 189 Å². The molecule has 0 bridgehead atoms. The maximum absolute atomic E-state index is 12.3. The third-order valence-electron chi connectivity index (χ3n) is 4.05. The quantitative estimate of drug-likeness (QED) is 0.241. The predicted molar refractivity (Wildman–Crippen MR) is 118 cm³/mol. The lowest BCUT2D eigenvalue weighted by molar-refractivity contribution is -0.136. The Bertz CT molecular complexity index is 1290. The molecule has 30 heavy (non-hydrogen) atoms. The van der Waals surface area contributed by atoms with Gasteiger partial charge in [0, 0.05) is 22.2 Å². The molecule has 0 N–H and O–H groups in total. The summed E-state index contributed by atoms with van der Waals surface area (Å²) in [5.74, 6) is 0.0739. The van der Waals surface area contributed by atoms with Crippen molar-refractivity contribution in [3.63, 3.8) is 0 Å². The van der Waals surface area contributed by atoms with Gasteiger partial charge in [0.1, 0.15) is 11.5 Å². The van der Waals surface area contributed by atoms with Crippen molar-refractivity contribution in [1.29, 1.82) is 0 Å². The zero-order valence-electron chi connectivity index (χ0n) is 15.0. The van der Waals surface area contributed by atoms with Crippen LogP contribution < -0.4 is 14.4 Å². The summed E-state index contributed by atoms with van der Waals surface area (Å²) in [6.07, 6.45) is 0. The molecule has 0 spiro atoms. The minimum atomic E-state index is -0.622. The third-order valence-corrected chi connectivity index (χ3v) is 5.89. The number of carbonyl (C=O) groups excluding carboxylic acids is 1. The van der Waals surface area contributed by atoms with Crippen molar-refractivity contribution in [2.75, 3.05) is 6.61 Å². The molecule has 0 amide bonds. The van der Waals surface area contributed by atoms with Crippen LogP contribution in [0.15, 0.2) is 63.8 Å². The van der Waals surface area contributed by atoms with Crippen LogP contribution in [0.2, 0.25) is 15.1 Å². The maximum atomic E-state index is 12.3. The van der Waals surface area contributed by atoms with E-state index in [0.29, 0.717) is 42.2 Å². The monoisotopic (exact) mass is 480 g/mol. The highest BCUT2D eigenvalue weighted by atomic mass is 35.5. The van der Waals surface area contributed by atoms with Gasteiger partial charge in [0.25, 0.3) is 0 Å². The van der Waals surface area contributed by atoms with E-state index in [2.05, 4.69) is 0 Å². The lowest BCUT2D eigenvalue weighted by atomic mass is 10.0. The lowest BCUT2D eigenvalue weighted by Gasteiger charge is -2.10. The number of halogens is 3. The van der Waals surface area contributed by atoms with E-state index in [-0.39, 0.29) is 12.4 Å². The fourth-order valence-electron chi connectivity index (χ4n) is 2.76. The number of benzene rings is 3. The van der Waals surface area contributed by atoms with E-state index >= 15 is 0 Å². The van der Waals surface area contributed by atoms with Gasteiger partial charge < -0.3 is 13.9 Å². The van der Waals surface area contributed by atoms with E-state index in [1.165, 1.54) is 0 Å². The Morgan fingerprint density at radius 2 is 1.73 bits per heavy atom. The molecule has 0 fully saturated rings. The summed E-state index contributed by atoms with van der Waals surface area (Å²) in [4.78, 5) is 23.6. The van der Waals surface area contributed by atoms with Crippen LogP contribution >= 0.6 is 46.1 Å². The molecule has 4 aromatic rings. The first-order chi connectivity index (χ1) is 14.4. The minimum absolute atomic E-state index is 0.218. The summed E-state index contributed by atoms with van der Waals surface area (Å²) in [5, 5.41) is 1.20. The van der Waals surface area contributed by atoms with E-state index in [4.69, 9.17) is 48.7 Å². The van der Waals surface area contributed by atoms with E-state index in [1.807, 2.05) is 0 Å². The molecule has 0 aliphatic rings. The molecule has 152 valence electrons. The molecular formula is C21H11Cl3O5S. The Hall–Kier alpha value is -2.51. The molecule has 1 aromatic heterocycles. The molecule has 0 aliphatic carbocycles. The van der Waals surface area contributed by atoms with Crippen LogP contribution in [0.5, 0.6) is 11.5 Å². The van der Waals surface area contributed by atoms with E-state index in [9.17, 15) is 9.59 Å². The summed E-state index contributed by atoms with van der Waals surface area (Å²) >= 11 is 19.2. The van der Waals surface area contributed by atoms with Gasteiger partial charge in [-0.2, -0.15) is 0 Å². The minimum Gasteiger partial charge on any atom is -0.482 e. The van der Waals surface area contributed by atoms with Crippen LogP contribution in [0.4, 0.5) is 0 Å². The first-order valence-electron chi connectivity index (χ1n) is 8.52. The maximum Gasteiger partial charge on any atom is 0.396 e. The topological polar surface area (TPSA) is 65.7 Å². The van der Waals surface area contributed by atoms with E-state index in [1.54, 1.807) is 54.6 Å². The highest BCUT2D eigenvalue weighted by molar-refractivity contribution is 7.16. The van der Waals surface area contributed by atoms with Gasteiger partial charge in [-0.1, -0.05) is 58.3 Å². The largest absolute Gasteiger partial charge is 0.482 e. The molecule has 3 aromatic carbocycles. The first-order valence-corrected chi connectivity index (χ1v) is 10.5. The standard InChI is InChI=1S/C21H11Cl3O5S/c22-11-4-6-12(7-5-11)27-10-18(25)28-13-8-15(14-2-1-3-16(23)19(14)24)20-17(9-13)30-21(26)29-20/h1-9H,10H2. The third kappa shape index (κ3) is 4.47. The van der Waals surface area contributed by atoms with Crippen LogP contribution in [0.3, 0.4) is 0 Å². The Morgan fingerprint density at radius 3 is 2.50 bits per heavy atom. The van der Waals surface area contributed by atoms with Gasteiger partial charge in [-0.3, -0.25) is 0 Å². The Balaban J connectivity index is 1.63. The second kappa shape index (κ2) is 8.70. The fourth-order valence-corrected chi connectivity index (χ4v) is 4.01. The van der Waals surface area contributed by atoms with Crippen LogP contribution in [0.25, 0.3) is 21.4 Å². The molecular weight excluding hydrogens is 471 g/mol. The summed E-state index contributed by atoms with van der Waals surface area (Å²) in [5.41, 5.74) is 1.37. The molecule has 0 aliphatic heterocycles. The van der Waals surface area contributed by atoms with Crippen molar-refractivity contribution in [3.8, 4) is 22.6 Å². The second-order valence-electron chi connectivity index (χ2n) is 6.07. The summed E-state index contributed by atoms with van der Waals surface area (Å²) in [6, 6.07) is 14.8. The van der Waals surface area contributed by atoms with Crippen molar-refractivity contribution in [2.45, 2.75) is 0 Å². The molecule has 0 unspecified atom stereocenters. The SMILES string of the molecule is O=C(COc1ccc(Cl)cc1)Oc1cc(-c2cccc(Cl)c2Cl)c2oc(=O)sc2c1. The van der Waals surface area contributed by atoms with Gasteiger partial charge in [-0.15, -0.1) is 0 Å². The predicted octanol–water partition coefficient (Wildman–Crippen LogP) is 6.47. The number of rotatable bonds is 5. The van der Waals surface area contributed by atoms with Crippen molar-refractivity contribution >= 4 is 62.4 Å². The number of ether oxygens (including phenoxy) is 2. The van der Waals surface area contributed by atoms with Crippen molar-refractivity contribution in [2.24, 2.45) is 0 Å². The van der Waals surface area contributed by atoms with Crippen LogP contribution in [0, 0.1) is 0 Å².